The smallest absolute Gasteiger partial charge is 0.244 e. The number of nitrogens with one attached hydrogen (secondary N) is 1. The second kappa shape index (κ2) is 4.57. The molecule has 1 aliphatic rings. The van der Waals surface area contributed by atoms with Crippen LogP contribution in [-0.4, -0.2) is 47.5 Å². The maximum absolute atomic E-state index is 11.7. The Morgan fingerprint density at radius 3 is 2.88 bits per heavy atom. The third-order valence-electron chi connectivity index (χ3n) is 2.77. The summed E-state index contributed by atoms with van der Waals surface area (Å²) < 4.78 is 5.06. The zero-order valence-electron chi connectivity index (χ0n) is 10.2. The van der Waals surface area contributed by atoms with Gasteiger partial charge in [0.05, 0.1) is 7.11 Å². The fourth-order valence-electron chi connectivity index (χ4n) is 1.85. The Hall–Kier alpha value is -1.85. The first-order valence-electron chi connectivity index (χ1n) is 5.51. The Morgan fingerprint density at radius 2 is 2.29 bits per heavy atom. The number of anilines is 1. The van der Waals surface area contributed by atoms with Gasteiger partial charge < -0.3 is 15.0 Å². The number of nitrogens with zero attached hydrogens (tertiary/aromatic N) is 3. The minimum Gasteiger partial charge on any atom is -0.481 e. The van der Waals surface area contributed by atoms with Gasteiger partial charge in [0.2, 0.25) is 11.8 Å². The van der Waals surface area contributed by atoms with Crippen LogP contribution >= 0.6 is 0 Å². The zero-order chi connectivity index (χ0) is 12.4. The molecule has 2 rings (SSSR count). The number of amides is 1. The van der Waals surface area contributed by atoms with E-state index in [1.54, 1.807) is 32.0 Å². The lowest BCUT2D eigenvalue weighted by Gasteiger charge is -2.13. The first-order chi connectivity index (χ1) is 8.10. The number of carbonyl (C=O) groups is 1. The van der Waals surface area contributed by atoms with Gasteiger partial charge in [-0.3, -0.25) is 4.79 Å². The summed E-state index contributed by atoms with van der Waals surface area (Å²) >= 11 is 0. The third-order valence-corrected chi connectivity index (χ3v) is 2.77. The van der Waals surface area contributed by atoms with Crippen molar-refractivity contribution in [3.8, 4) is 5.88 Å². The lowest BCUT2D eigenvalue weighted by atomic mass is 10.2. The number of rotatable bonds is 3. The van der Waals surface area contributed by atoms with Crippen LogP contribution in [0, 0.1) is 6.92 Å². The Bertz CT molecular complexity index is 435. The molecule has 92 valence electrons. The van der Waals surface area contributed by atoms with Crippen molar-refractivity contribution in [2.45, 2.75) is 19.4 Å². The molecular weight excluding hydrogens is 220 g/mol. The molecule has 1 amide bonds. The van der Waals surface area contributed by atoms with E-state index in [0.717, 1.165) is 13.0 Å². The lowest BCUT2D eigenvalue weighted by molar-refractivity contribution is -0.127. The van der Waals surface area contributed by atoms with Crippen LogP contribution in [0.3, 0.4) is 0 Å². The Kier molecular flexibility index (Phi) is 3.12. The van der Waals surface area contributed by atoms with E-state index in [0.29, 0.717) is 17.5 Å². The average molecular weight is 236 g/mol. The number of ether oxygens (including phenoxy) is 1. The monoisotopic (exact) mass is 236 g/mol. The summed E-state index contributed by atoms with van der Waals surface area (Å²) in [4.78, 5) is 21.8. The van der Waals surface area contributed by atoms with Crippen molar-refractivity contribution in [2.75, 3.05) is 26.0 Å². The van der Waals surface area contributed by atoms with Gasteiger partial charge in [0.25, 0.3) is 0 Å². The van der Waals surface area contributed by atoms with E-state index in [-0.39, 0.29) is 11.9 Å². The summed E-state index contributed by atoms with van der Waals surface area (Å²) in [5.41, 5.74) is 0. The van der Waals surface area contributed by atoms with Crippen LogP contribution in [0.2, 0.25) is 0 Å². The Labute approximate surface area is 100 Å². The van der Waals surface area contributed by atoms with Gasteiger partial charge in [-0.1, -0.05) is 0 Å². The molecule has 0 aliphatic carbocycles. The zero-order valence-corrected chi connectivity index (χ0v) is 10.2. The molecule has 0 spiro atoms. The molecule has 1 aliphatic heterocycles. The predicted octanol–water partition coefficient (Wildman–Crippen LogP) is 0.436. The molecule has 1 fully saturated rings. The first kappa shape index (κ1) is 11.6. The van der Waals surface area contributed by atoms with E-state index in [1.165, 1.54) is 0 Å². The van der Waals surface area contributed by atoms with Crippen LogP contribution in [-0.2, 0) is 4.79 Å². The number of hydrogen-bond donors (Lipinski definition) is 1. The summed E-state index contributed by atoms with van der Waals surface area (Å²) in [6, 6.07) is 1.50. The molecule has 6 nitrogen and oxygen atoms in total. The van der Waals surface area contributed by atoms with E-state index in [2.05, 4.69) is 15.3 Å². The normalized spacial score (nSPS) is 19.6. The van der Waals surface area contributed by atoms with Gasteiger partial charge >= 0.3 is 0 Å². The minimum absolute atomic E-state index is 0.0974. The minimum atomic E-state index is -0.195. The van der Waals surface area contributed by atoms with Gasteiger partial charge in [-0.2, -0.15) is 4.98 Å². The number of likely N-dealkylation sites (N-methyl/N-ethyl adjacent to an activating group) is 1. The number of aromatic nitrogens is 2. The molecule has 1 unspecified atom stereocenters. The highest BCUT2D eigenvalue weighted by molar-refractivity contribution is 5.86. The van der Waals surface area contributed by atoms with Crippen molar-refractivity contribution in [2.24, 2.45) is 0 Å². The van der Waals surface area contributed by atoms with Crippen molar-refractivity contribution in [1.29, 1.82) is 0 Å². The Morgan fingerprint density at radius 1 is 1.53 bits per heavy atom. The number of aryl methyl sites for hydroxylation is 1. The van der Waals surface area contributed by atoms with Crippen molar-refractivity contribution in [3.63, 3.8) is 0 Å². The van der Waals surface area contributed by atoms with Gasteiger partial charge in [-0.15, -0.1) is 0 Å². The van der Waals surface area contributed by atoms with E-state index >= 15 is 0 Å². The standard InChI is InChI=1S/C11H16N4O2/c1-7-12-9(6-10(13-7)17-3)14-8-4-5-15(2)11(8)16/h6,8H,4-5H2,1-3H3,(H,12,13,14). The maximum atomic E-state index is 11.7. The van der Waals surface area contributed by atoms with Crippen LogP contribution in [0.25, 0.3) is 0 Å². The molecule has 17 heavy (non-hydrogen) atoms. The van der Waals surface area contributed by atoms with Crippen molar-refractivity contribution < 1.29 is 9.53 Å². The van der Waals surface area contributed by atoms with Gasteiger partial charge in [-0.25, -0.2) is 4.98 Å². The molecular formula is C11H16N4O2. The highest BCUT2D eigenvalue weighted by atomic mass is 16.5. The molecule has 0 bridgehead atoms. The highest BCUT2D eigenvalue weighted by Crippen LogP contribution is 2.17. The molecule has 1 atom stereocenters. The molecule has 1 saturated heterocycles. The van der Waals surface area contributed by atoms with E-state index < -0.39 is 0 Å². The summed E-state index contributed by atoms with van der Waals surface area (Å²) in [6.45, 7) is 2.56. The molecule has 1 N–H and O–H groups in total. The van der Waals surface area contributed by atoms with Crippen molar-refractivity contribution in [3.05, 3.63) is 11.9 Å². The molecule has 6 heteroatoms. The van der Waals surface area contributed by atoms with Crippen LogP contribution in [0.1, 0.15) is 12.2 Å². The third kappa shape index (κ3) is 2.46. The molecule has 1 aromatic heterocycles. The fraction of sp³-hybridized carbons (Fsp3) is 0.545. The molecule has 0 aromatic carbocycles. The van der Waals surface area contributed by atoms with Gasteiger partial charge in [-0.05, 0) is 13.3 Å². The van der Waals surface area contributed by atoms with Crippen LogP contribution in [0.15, 0.2) is 6.07 Å². The average Bonchev–Trinajstić information content (AvgIpc) is 2.60. The van der Waals surface area contributed by atoms with Crippen molar-refractivity contribution >= 4 is 11.7 Å². The van der Waals surface area contributed by atoms with Crippen molar-refractivity contribution in [1.82, 2.24) is 14.9 Å². The quantitative estimate of drug-likeness (QED) is 0.824. The molecule has 2 heterocycles. The number of carbonyl (C=O) groups excluding carboxylic acids is 1. The SMILES string of the molecule is COc1cc(NC2CCN(C)C2=O)nc(C)n1. The molecule has 0 saturated carbocycles. The molecule has 0 radical (unpaired) electrons. The number of likely N-dealkylation sites (tertiary alicyclic amines) is 1. The van der Waals surface area contributed by atoms with E-state index in [9.17, 15) is 4.79 Å². The Balaban J connectivity index is 2.13. The number of methoxy groups -OCH3 is 1. The maximum Gasteiger partial charge on any atom is 0.244 e. The van der Waals surface area contributed by atoms with Gasteiger partial charge in [0.15, 0.2) is 0 Å². The van der Waals surface area contributed by atoms with E-state index in [1.807, 2.05) is 0 Å². The van der Waals surface area contributed by atoms with Gasteiger partial charge in [0, 0.05) is 19.7 Å². The highest BCUT2D eigenvalue weighted by Gasteiger charge is 2.29. The summed E-state index contributed by atoms with van der Waals surface area (Å²) in [7, 11) is 3.36. The fourth-order valence-corrected chi connectivity index (χ4v) is 1.85. The van der Waals surface area contributed by atoms with Crippen LogP contribution in [0.4, 0.5) is 5.82 Å². The summed E-state index contributed by atoms with van der Waals surface area (Å²) in [5.74, 6) is 1.84. The van der Waals surface area contributed by atoms with Crippen LogP contribution in [0.5, 0.6) is 5.88 Å². The second-order valence-corrected chi connectivity index (χ2v) is 4.09. The predicted molar refractivity (Wildman–Crippen MR) is 63.0 cm³/mol. The van der Waals surface area contributed by atoms with Gasteiger partial charge in [0.1, 0.15) is 17.7 Å². The lowest BCUT2D eigenvalue weighted by Crippen LogP contribution is -2.31. The topological polar surface area (TPSA) is 67.3 Å². The summed E-state index contributed by atoms with van der Waals surface area (Å²) in [6.07, 6.45) is 0.792. The van der Waals surface area contributed by atoms with Crippen LogP contribution < -0.4 is 10.1 Å². The second-order valence-electron chi connectivity index (χ2n) is 4.09. The largest absolute Gasteiger partial charge is 0.481 e. The summed E-state index contributed by atoms with van der Waals surface area (Å²) in [5, 5.41) is 3.11. The number of hydrogen-bond acceptors (Lipinski definition) is 5. The first-order valence-corrected chi connectivity index (χ1v) is 5.51. The van der Waals surface area contributed by atoms with E-state index in [4.69, 9.17) is 4.74 Å². The molecule has 1 aromatic rings.